The van der Waals surface area contributed by atoms with Gasteiger partial charge in [0.2, 0.25) is 5.91 Å². The number of thiocarbonyl (C=S) groups is 1. The van der Waals surface area contributed by atoms with Crippen molar-refractivity contribution in [3.8, 4) is 0 Å². The summed E-state index contributed by atoms with van der Waals surface area (Å²) in [5, 5.41) is 2.97. The van der Waals surface area contributed by atoms with Gasteiger partial charge in [-0.05, 0) is 47.0 Å². The van der Waals surface area contributed by atoms with Crippen LogP contribution in [0.15, 0.2) is 22.7 Å². The molecule has 20 heavy (non-hydrogen) atoms. The largest absolute Gasteiger partial charge is 0.389 e. The third-order valence-electron chi connectivity index (χ3n) is 4.14. The van der Waals surface area contributed by atoms with E-state index in [0.717, 1.165) is 41.7 Å². The van der Waals surface area contributed by atoms with Crippen LogP contribution in [0.4, 0.5) is 5.69 Å². The van der Waals surface area contributed by atoms with Crippen molar-refractivity contribution in [2.45, 2.75) is 18.9 Å². The first-order valence-corrected chi connectivity index (χ1v) is 7.92. The van der Waals surface area contributed by atoms with Gasteiger partial charge in [0.25, 0.3) is 0 Å². The predicted octanol–water partition coefficient (Wildman–Crippen LogP) is 1.80. The molecular formula is C14H16BrN3OS. The molecule has 2 heterocycles. The molecule has 0 aromatic heterocycles. The van der Waals surface area contributed by atoms with E-state index >= 15 is 0 Å². The van der Waals surface area contributed by atoms with E-state index in [1.807, 2.05) is 18.2 Å². The molecule has 2 saturated heterocycles. The maximum Gasteiger partial charge on any atom is 0.225 e. The van der Waals surface area contributed by atoms with Crippen LogP contribution in [-0.2, 0) is 4.79 Å². The molecule has 3 rings (SSSR count). The van der Waals surface area contributed by atoms with E-state index in [2.05, 4.69) is 26.1 Å². The van der Waals surface area contributed by atoms with Crippen molar-refractivity contribution in [1.82, 2.24) is 5.32 Å². The Balaban J connectivity index is 1.92. The maximum absolute atomic E-state index is 11.8. The van der Waals surface area contributed by atoms with E-state index in [1.165, 1.54) is 0 Å². The van der Waals surface area contributed by atoms with Crippen LogP contribution in [0.3, 0.4) is 0 Å². The Hall–Kier alpha value is -1.14. The minimum Gasteiger partial charge on any atom is -0.389 e. The van der Waals surface area contributed by atoms with Crippen molar-refractivity contribution in [2.24, 2.45) is 11.7 Å². The minimum atomic E-state index is 0.117. The highest BCUT2D eigenvalue weighted by molar-refractivity contribution is 9.10. The van der Waals surface area contributed by atoms with Gasteiger partial charge in [-0.3, -0.25) is 4.79 Å². The number of carbonyl (C=O) groups excluding carboxylic acids is 1. The second-order valence-corrected chi connectivity index (χ2v) is 6.58. The van der Waals surface area contributed by atoms with E-state index in [0.29, 0.717) is 4.99 Å². The number of hydrogen-bond donors (Lipinski definition) is 2. The molecule has 2 unspecified atom stereocenters. The van der Waals surface area contributed by atoms with Crippen LogP contribution >= 0.6 is 28.1 Å². The normalized spacial score (nSPS) is 25.2. The number of carbonyl (C=O) groups is 1. The number of hydrogen-bond acceptors (Lipinski definition) is 3. The number of nitrogens with zero attached hydrogens (tertiary/aromatic N) is 1. The van der Waals surface area contributed by atoms with E-state index in [-0.39, 0.29) is 17.9 Å². The molecule has 0 bridgehead atoms. The molecule has 106 valence electrons. The average Bonchev–Trinajstić information content (AvgIpc) is 2.81. The number of piperidine rings is 1. The highest BCUT2D eigenvalue weighted by atomic mass is 79.9. The molecule has 3 N–H and O–H groups in total. The Morgan fingerprint density at radius 1 is 1.50 bits per heavy atom. The van der Waals surface area contributed by atoms with Crippen LogP contribution in [0.5, 0.6) is 0 Å². The molecule has 1 aromatic carbocycles. The molecule has 0 saturated carbocycles. The number of benzene rings is 1. The quantitative estimate of drug-likeness (QED) is 0.796. The molecule has 0 radical (unpaired) electrons. The van der Waals surface area contributed by atoms with Gasteiger partial charge in [0.1, 0.15) is 4.99 Å². The summed E-state index contributed by atoms with van der Waals surface area (Å²) in [5.74, 6) is 0.307. The van der Waals surface area contributed by atoms with Gasteiger partial charge in [0.05, 0.1) is 17.6 Å². The molecule has 2 fully saturated rings. The van der Waals surface area contributed by atoms with Gasteiger partial charge in [-0.1, -0.05) is 12.2 Å². The van der Waals surface area contributed by atoms with Gasteiger partial charge in [-0.15, -0.1) is 0 Å². The molecule has 1 aromatic rings. The summed E-state index contributed by atoms with van der Waals surface area (Å²) in [4.78, 5) is 14.5. The fraction of sp³-hybridized carbons (Fsp3) is 0.429. The predicted molar refractivity (Wildman–Crippen MR) is 86.9 cm³/mol. The third-order valence-corrected chi connectivity index (χ3v) is 5.01. The Labute approximate surface area is 131 Å². The van der Waals surface area contributed by atoms with Crippen molar-refractivity contribution < 1.29 is 4.79 Å². The van der Waals surface area contributed by atoms with Crippen LogP contribution in [0.2, 0.25) is 0 Å². The highest BCUT2D eigenvalue weighted by Gasteiger charge is 2.41. The molecule has 2 aliphatic rings. The Morgan fingerprint density at radius 2 is 2.30 bits per heavy atom. The summed E-state index contributed by atoms with van der Waals surface area (Å²) in [6, 6.07) is 6.18. The lowest BCUT2D eigenvalue weighted by Crippen LogP contribution is -2.45. The highest BCUT2D eigenvalue weighted by Crippen LogP contribution is 2.35. The number of nitrogens with one attached hydrogen (secondary N) is 1. The van der Waals surface area contributed by atoms with Crippen molar-refractivity contribution in [1.29, 1.82) is 0 Å². The lowest BCUT2D eigenvalue weighted by molar-refractivity contribution is -0.122. The molecule has 1 amide bonds. The summed E-state index contributed by atoms with van der Waals surface area (Å²) < 4.78 is 0.975. The number of rotatable bonds is 2. The first kappa shape index (κ1) is 13.8. The monoisotopic (exact) mass is 353 g/mol. The zero-order valence-corrected chi connectivity index (χ0v) is 13.3. The first-order chi connectivity index (χ1) is 9.58. The van der Waals surface area contributed by atoms with E-state index in [9.17, 15) is 4.79 Å². The van der Waals surface area contributed by atoms with Crippen LogP contribution in [0.1, 0.15) is 18.4 Å². The summed E-state index contributed by atoms with van der Waals surface area (Å²) in [6.07, 6.45) is 2.02. The Bertz CT molecular complexity index is 578. The average molecular weight is 354 g/mol. The van der Waals surface area contributed by atoms with Crippen LogP contribution < -0.4 is 16.0 Å². The summed E-state index contributed by atoms with van der Waals surface area (Å²) >= 11 is 8.60. The van der Waals surface area contributed by atoms with Crippen molar-refractivity contribution in [2.75, 3.05) is 18.0 Å². The lowest BCUT2D eigenvalue weighted by atomic mass is 9.91. The number of amides is 1. The molecule has 4 nitrogen and oxygen atoms in total. The Kier molecular flexibility index (Phi) is 3.69. The smallest absolute Gasteiger partial charge is 0.225 e. The van der Waals surface area contributed by atoms with Gasteiger partial charge >= 0.3 is 0 Å². The number of nitrogens with two attached hydrogens (primary N) is 1. The molecule has 2 atom stereocenters. The van der Waals surface area contributed by atoms with E-state index < -0.39 is 0 Å². The number of halogens is 1. The van der Waals surface area contributed by atoms with Gasteiger partial charge in [-0.2, -0.15) is 0 Å². The topological polar surface area (TPSA) is 58.4 Å². The minimum absolute atomic E-state index is 0.117. The van der Waals surface area contributed by atoms with Crippen LogP contribution in [0.25, 0.3) is 0 Å². The zero-order chi connectivity index (χ0) is 14.3. The second-order valence-electron chi connectivity index (χ2n) is 5.29. The summed E-state index contributed by atoms with van der Waals surface area (Å²) in [5.41, 5.74) is 7.62. The maximum atomic E-state index is 11.8. The van der Waals surface area contributed by atoms with Gasteiger partial charge < -0.3 is 16.0 Å². The number of fused-ring (bicyclic) bond motifs is 1. The van der Waals surface area contributed by atoms with E-state index in [1.54, 1.807) is 0 Å². The first-order valence-electron chi connectivity index (χ1n) is 6.71. The fourth-order valence-corrected chi connectivity index (χ4v) is 3.88. The van der Waals surface area contributed by atoms with Gasteiger partial charge in [0, 0.05) is 23.1 Å². The number of anilines is 1. The van der Waals surface area contributed by atoms with Crippen LogP contribution in [-0.4, -0.2) is 30.0 Å². The molecule has 6 heteroatoms. The second kappa shape index (κ2) is 5.33. The standard InChI is InChI=1S/C14H16BrN3OS/c15-10-6-8(13(16)20)3-4-11(10)18-5-1-2-9-12(18)7-17-14(9)19/h3-4,6,9,12H,1-2,5,7H2,(H2,16,20)(H,17,19). The molecule has 0 spiro atoms. The molecule has 0 aliphatic carbocycles. The van der Waals surface area contributed by atoms with Crippen molar-refractivity contribution in [3.63, 3.8) is 0 Å². The van der Waals surface area contributed by atoms with Gasteiger partial charge in [-0.25, -0.2) is 0 Å². The third kappa shape index (κ3) is 2.31. The molecule has 2 aliphatic heterocycles. The SMILES string of the molecule is NC(=S)c1ccc(N2CCCC3C(=O)NCC32)c(Br)c1. The zero-order valence-electron chi connectivity index (χ0n) is 10.9. The summed E-state index contributed by atoms with van der Waals surface area (Å²) in [7, 11) is 0. The molecular weight excluding hydrogens is 338 g/mol. The van der Waals surface area contributed by atoms with Crippen LogP contribution in [0, 0.1) is 5.92 Å². The fourth-order valence-electron chi connectivity index (χ4n) is 3.14. The van der Waals surface area contributed by atoms with Crippen molar-refractivity contribution >= 4 is 44.7 Å². The van der Waals surface area contributed by atoms with Crippen molar-refractivity contribution in [3.05, 3.63) is 28.2 Å². The lowest BCUT2D eigenvalue weighted by Gasteiger charge is -2.38. The van der Waals surface area contributed by atoms with Gasteiger partial charge in [0.15, 0.2) is 0 Å². The summed E-state index contributed by atoms with van der Waals surface area (Å²) in [6.45, 7) is 1.70. The Morgan fingerprint density at radius 3 is 3.00 bits per heavy atom. The van der Waals surface area contributed by atoms with E-state index in [4.69, 9.17) is 18.0 Å².